The molecule has 6 nitrogen and oxygen atoms in total. The Bertz CT molecular complexity index is 671. The summed E-state index contributed by atoms with van der Waals surface area (Å²) in [5.41, 5.74) is -0.320. The zero-order valence-corrected chi connectivity index (χ0v) is 17.6. The summed E-state index contributed by atoms with van der Waals surface area (Å²) in [6, 6.07) is 16.6. The third kappa shape index (κ3) is 11.0. The van der Waals surface area contributed by atoms with Gasteiger partial charge >= 0.3 is 11.9 Å². The van der Waals surface area contributed by atoms with Crippen molar-refractivity contribution in [2.45, 2.75) is 46.3 Å². The van der Waals surface area contributed by atoms with Crippen LogP contribution in [0.3, 0.4) is 0 Å². The second kappa shape index (κ2) is 12.7. The lowest BCUT2D eigenvalue weighted by atomic mass is 9.84. The molecule has 2 aromatic carbocycles. The standard InChI is InChI=1S/C9H20O2.2C7H6O2/c1-6(2)7(3)8(10)9(4,5)11;2*8-7(9)6-4-2-1-3-5-6/h6-8,10-11H,1-5H3;2*1-5H,(H,8,9). The van der Waals surface area contributed by atoms with E-state index in [1.807, 2.05) is 20.8 Å². The molecule has 0 spiro atoms. The lowest BCUT2D eigenvalue weighted by Gasteiger charge is -2.31. The van der Waals surface area contributed by atoms with Crippen LogP contribution in [0.4, 0.5) is 0 Å². The first-order valence-corrected chi connectivity index (χ1v) is 9.35. The van der Waals surface area contributed by atoms with Crippen LogP contribution in [0.15, 0.2) is 60.7 Å². The molecule has 0 saturated heterocycles. The number of aliphatic hydroxyl groups is 2. The van der Waals surface area contributed by atoms with E-state index in [-0.39, 0.29) is 5.92 Å². The molecule has 0 aliphatic rings. The lowest BCUT2D eigenvalue weighted by Crippen LogP contribution is -2.42. The Kier molecular flexibility index (Phi) is 11.5. The maximum absolute atomic E-state index is 10.2. The van der Waals surface area contributed by atoms with Crippen molar-refractivity contribution < 1.29 is 30.0 Å². The van der Waals surface area contributed by atoms with Gasteiger partial charge in [-0.1, -0.05) is 57.2 Å². The highest BCUT2D eigenvalue weighted by Crippen LogP contribution is 2.22. The van der Waals surface area contributed by atoms with E-state index in [9.17, 15) is 19.8 Å². The monoisotopic (exact) mass is 404 g/mol. The van der Waals surface area contributed by atoms with Gasteiger partial charge in [-0.3, -0.25) is 0 Å². The van der Waals surface area contributed by atoms with Gasteiger partial charge in [0, 0.05) is 0 Å². The number of hydrogen-bond acceptors (Lipinski definition) is 4. The summed E-state index contributed by atoms with van der Waals surface area (Å²) < 4.78 is 0. The average Bonchev–Trinajstić information content (AvgIpc) is 2.68. The first kappa shape index (κ1) is 26.3. The topological polar surface area (TPSA) is 115 Å². The summed E-state index contributed by atoms with van der Waals surface area (Å²) >= 11 is 0. The maximum atomic E-state index is 10.2. The van der Waals surface area contributed by atoms with Crippen LogP contribution in [0.5, 0.6) is 0 Å². The fourth-order valence-electron chi connectivity index (χ4n) is 2.17. The second-order valence-corrected chi connectivity index (χ2v) is 7.54. The Hall–Kier alpha value is -2.70. The Labute approximate surface area is 172 Å². The molecule has 0 bridgehead atoms. The van der Waals surface area contributed by atoms with Crippen LogP contribution in [-0.2, 0) is 0 Å². The van der Waals surface area contributed by atoms with E-state index in [2.05, 4.69) is 0 Å². The van der Waals surface area contributed by atoms with E-state index in [1.165, 1.54) is 0 Å². The van der Waals surface area contributed by atoms with Crippen LogP contribution in [0, 0.1) is 11.8 Å². The molecule has 0 amide bonds. The van der Waals surface area contributed by atoms with Crippen LogP contribution in [-0.4, -0.2) is 44.1 Å². The molecule has 0 saturated carbocycles. The van der Waals surface area contributed by atoms with E-state index >= 15 is 0 Å². The number of carbonyl (C=O) groups is 2. The van der Waals surface area contributed by atoms with E-state index in [1.54, 1.807) is 74.5 Å². The zero-order chi connectivity index (χ0) is 22.6. The molecule has 2 aromatic rings. The van der Waals surface area contributed by atoms with Crippen LogP contribution < -0.4 is 0 Å². The molecular weight excluding hydrogens is 372 g/mol. The van der Waals surface area contributed by atoms with Crippen molar-refractivity contribution in [3.8, 4) is 0 Å². The van der Waals surface area contributed by atoms with Crippen LogP contribution in [0.2, 0.25) is 0 Å². The quantitative estimate of drug-likeness (QED) is 0.594. The number of carboxylic acid groups (broad SMARTS) is 2. The van der Waals surface area contributed by atoms with Gasteiger partial charge in [-0.25, -0.2) is 9.59 Å². The summed E-state index contributed by atoms with van der Waals surface area (Å²) in [6.07, 6.45) is -0.637. The zero-order valence-electron chi connectivity index (χ0n) is 17.6. The van der Waals surface area contributed by atoms with Gasteiger partial charge in [0.05, 0.1) is 22.8 Å². The van der Waals surface area contributed by atoms with Gasteiger partial charge in [-0.15, -0.1) is 0 Å². The second-order valence-electron chi connectivity index (χ2n) is 7.54. The number of rotatable bonds is 5. The van der Waals surface area contributed by atoms with Crippen LogP contribution >= 0.6 is 0 Å². The molecule has 6 heteroatoms. The molecule has 0 radical (unpaired) electrons. The molecule has 4 N–H and O–H groups in total. The van der Waals surface area contributed by atoms with Crippen molar-refractivity contribution in [2.75, 3.05) is 0 Å². The predicted octanol–water partition coefficient (Wildman–Crippen LogP) is 4.18. The Morgan fingerprint density at radius 3 is 1.21 bits per heavy atom. The minimum absolute atomic E-state index is 0.134. The van der Waals surface area contributed by atoms with E-state index in [0.717, 1.165) is 0 Å². The van der Waals surface area contributed by atoms with Gasteiger partial charge in [0.2, 0.25) is 0 Å². The summed E-state index contributed by atoms with van der Waals surface area (Å²) in [5.74, 6) is -1.22. The van der Waals surface area contributed by atoms with Crippen molar-refractivity contribution in [1.82, 2.24) is 0 Å². The number of aliphatic hydroxyl groups excluding tert-OH is 1. The third-order valence-electron chi connectivity index (χ3n) is 4.31. The van der Waals surface area contributed by atoms with Gasteiger partial charge < -0.3 is 20.4 Å². The summed E-state index contributed by atoms with van der Waals surface area (Å²) in [6.45, 7) is 9.31. The lowest BCUT2D eigenvalue weighted by molar-refractivity contribution is -0.0817. The SMILES string of the molecule is CC(C)C(C)C(O)C(C)(C)O.O=C(O)c1ccccc1.O=C(O)c1ccccc1. The Morgan fingerprint density at radius 1 is 0.759 bits per heavy atom. The molecule has 2 rings (SSSR count). The number of aromatic carboxylic acids is 2. The fraction of sp³-hybridized carbons (Fsp3) is 0.391. The first-order chi connectivity index (χ1) is 13.4. The molecule has 0 heterocycles. The predicted molar refractivity (Wildman–Crippen MR) is 113 cm³/mol. The van der Waals surface area contributed by atoms with Crippen LogP contribution in [0.1, 0.15) is 55.3 Å². The van der Waals surface area contributed by atoms with Gasteiger partial charge in [-0.05, 0) is 49.9 Å². The van der Waals surface area contributed by atoms with Crippen molar-refractivity contribution in [3.05, 3.63) is 71.8 Å². The number of carboxylic acids is 2. The molecule has 0 aliphatic heterocycles. The van der Waals surface area contributed by atoms with Crippen molar-refractivity contribution >= 4 is 11.9 Å². The van der Waals surface area contributed by atoms with Crippen molar-refractivity contribution in [1.29, 1.82) is 0 Å². The van der Waals surface area contributed by atoms with Gasteiger partial charge in [0.15, 0.2) is 0 Å². The van der Waals surface area contributed by atoms with E-state index < -0.39 is 23.6 Å². The highest BCUT2D eigenvalue weighted by molar-refractivity contribution is 5.87. The maximum Gasteiger partial charge on any atom is 0.335 e. The molecule has 0 fully saturated rings. The largest absolute Gasteiger partial charge is 0.478 e. The smallest absolute Gasteiger partial charge is 0.335 e. The number of benzene rings is 2. The van der Waals surface area contributed by atoms with Gasteiger partial charge in [0.1, 0.15) is 0 Å². The minimum atomic E-state index is -0.982. The van der Waals surface area contributed by atoms with Gasteiger partial charge in [0.25, 0.3) is 0 Å². The van der Waals surface area contributed by atoms with Gasteiger partial charge in [-0.2, -0.15) is 0 Å². The molecule has 2 unspecified atom stereocenters. The van der Waals surface area contributed by atoms with E-state index in [4.69, 9.17) is 10.2 Å². The minimum Gasteiger partial charge on any atom is -0.478 e. The molecule has 160 valence electrons. The number of hydrogen-bond donors (Lipinski definition) is 4. The molecule has 2 atom stereocenters. The first-order valence-electron chi connectivity index (χ1n) is 9.35. The highest BCUT2D eigenvalue weighted by atomic mass is 16.4. The molecule has 0 aromatic heterocycles. The normalized spacial score (nSPS) is 12.6. The Balaban J connectivity index is 0.000000408. The van der Waals surface area contributed by atoms with Crippen LogP contribution in [0.25, 0.3) is 0 Å². The molecule has 0 aliphatic carbocycles. The van der Waals surface area contributed by atoms with Crippen molar-refractivity contribution in [3.63, 3.8) is 0 Å². The highest BCUT2D eigenvalue weighted by Gasteiger charge is 2.30. The summed E-state index contributed by atoms with van der Waals surface area (Å²) in [5, 5.41) is 35.8. The average molecular weight is 405 g/mol. The third-order valence-corrected chi connectivity index (χ3v) is 4.31. The Morgan fingerprint density at radius 2 is 1.07 bits per heavy atom. The fourth-order valence-corrected chi connectivity index (χ4v) is 2.17. The van der Waals surface area contributed by atoms with E-state index in [0.29, 0.717) is 17.0 Å². The summed E-state index contributed by atoms with van der Waals surface area (Å²) in [4.78, 5) is 20.4. The summed E-state index contributed by atoms with van der Waals surface area (Å²) in [7, 11) is 0. The molecule has 29 heavy (non-hydrogen) atoms. The van der Waals surface area contributed by atoms with Crippen molar-refractivity contribution in [2.24, 2.45) is 11.8 Å². The molecular formula is C23H32O6.